The molecule has 0 bridgehead atoms. The summed E-state index contributed by atoms with van der Waals surface area (Å²) >= 11 is 0. The molecule has 0 aliphatic carbocycles. The van der Waals surface area contributed by atoms with Crippen LogP contribution in [-0.2, 0) is 0 Å². The summed E-state index contributed by atoms with van der Waals surface area (Å²) in [5, 5.41) is 4.10. The van der Waals surface area contributed by atoms with Crippen molar-refractivity contribution in [2.45, 2.75) is 18.9 Å². The summed E-state index contributed by atoms with van der Waals surface area (Å²) in [5.74, 6) is 2.62. The Bertz CT molecular complexity index is 1030. The van der Waals surface area contributed by atoms with Crippen molar-refractivity contribution in [3.05, 3.63) is 53.9 Å². The minimum absolute atomic E-state index is 0.138. The lowest BCUT2D eigenvalue weighted by molar-refractivity contribution is 0.0706. The molecule has 1 aliphatic rings. The number of likely N-dealkylation sites (tertiary alicyclic amines) is 1. The summed E-state index contributed by atoms with van der Waals surface area (Å²) in [5.41, 5.74) is 1.29. The molecule has 30 heavy (non-hydrogen) atoms. The van der Waals surface area contributed by atoms with Gasteiger partial charge in [-0.25, -0.2) is 0 Å². The molecule has 0 saturated carbocycles. The van der Waals surface area contributed by atoms with Crippen LogP contribution >= 0.6 is 0 Å². The van der Waals surface area contributed by atoms with E-state index in [2.05, 4.69) is 10.1 Å². The van der Waals surface area contributed by atoms with E-state index in [0.29, 0.717) is 35.3 Å². The second-order valence-corrected chi connectivity index (χ2v) is 6.91. The second-order valence-electron chi connectivity index (χ2n) is 6.91. The molecule has 0 N–H and O–H groups in total. The van der Waals surface area contributed by atoms with Gasteiger partial charge < -0.3 is 23.6 Å². The van der Waals surface area contributed by atoms with Crippen molar-refractivity contribution in [3.63, 3.8) is 0 Å². The van der Waals surface area contributed by atoms with Crippen LogP contribution in [-0.4, -0.2) is 48.8 Å². The highest BCUT2D eigenvalue weighted by Crippen LogP contribution is 2.35. The molecule has 1 amide bonds. The average molecular weight is 409 g/mol. The fourth-order valence-electron chi connectivity index (χ4n) is 3.62. The summed E-state index contributed by atoms with van der Waals surface area (Å²) in [6.45, 7) is 0.610. The Morgan fingerprint density at radius 3 is 2.47 bits per heavy atom. The second kappa shape index (κ2) is 8.44. The first-order valence-corrected chi connectivity index (χ1v) is 9.65. The van der Waals surface area contributed by atoms with Gasteiger partial charge in [-0.3, -0.25) is 4.79 Å². The van der Waals surface area contributed by atoms with E-state index in [4.69, 9.17) is 18.7 Å². The highest BCUT2D eigenvalue weighted by molar-refractivity contribution is 5.97. The van der Waals surface area contributed by atoms with Crippen molar-refractivity contribution in [3.8, 4) is 28.6 Å². The largest absolute Gasteiger partial charge is 0.497 e. The Kier molecular flexibility index (Phi) is 5.56. The standard InChI is InChI=1S/C22H23N3O5/c1-27-15-8-6-14(7-9-15)20-23-21(30-24-20)18-5-4-12-25(18)22(26)17-11-10-16(28-2)13-19(17)29-3/h6-11,13,18H,4-5,12H2,1-3H3/t18-/m1/s1. The number of aromatic nitrogens is 2. The van der Waals surface area contributed by atoms with Crippen LogP contribution in [0.2, 0.25) is 0 Å². The van der Waals surface area contributed by atoms with Crippen molar-refractivity contribution < 1.29 is 23.5 Å². The maximum atomic E-state index is 13.3. The zero-order valence-corrected chi connectivity index (χ0v) is 17.1. The molecular weight excluding hydrogens is 386 g/mol. The number of benzene rings is 2. The molecule has 1 atom stereocenters. The molecule has 156 valence electrons. The van der Waals surface area contributed by atoms with E-state index in [1.807, 2.05) is 24.3 Å². The van der Waals surface area contributed by atoms with Crippen LogP contribution in [0.25, 0.3) is 11.4 Å². The van der Waals surface area contributed by atoms with Gasteiger partial charge in [-0.15, -0.1) is 0 Å². The lowest BCUT2D eigenvalue weighted by atomic mass is 10.1. The monoisotopic (exact) mass is 409 g/mol. The maximum Gasteiger partial charge on any atom is 0.258 e. The van der Waals surface area contributed by atoms with Crippen LogP contribution in [0, 0.1) is 0 Å². The normalized spacial score (nSPS) is 15.8. The first-order chi connectivity index (χ1) is 14.6. The van der Waals surface area contributed by atoms with Gasteiger partial charge in [0.15, 0.2) is 0 Å². The van der Waals surface area contributed by atoms with Crippen LogP contribution in [0.1, 0.15) is 35.1 Å². The fourth-order valence-corrected chi connectivity index (χ4v) is 3.62. The van der Waals surface area contributed by atoms with Gasteiger partial charge in [-0.2, -0.15) is 4.98 Å². The predicted octanol–water partition coefficient (Wildman–Crippen LogP) is 3.74. The minimum Gasteiger partial charge on any atom is -0.497 e. The number of amides is 1. The molecule has 1 fully saturated rings. The Morgan fingerprint density at radius 2 is 1.77 bits per heavy atom. The quantitative estimate of drug-likeness (QED) is 0.613. The van der Waals surface area contributed by atoms with E-state index >= 15 is 0 Å². The Hall–Kier alpha value is -3.55. The summed E-state index contributed by atoms with van der Waals surface area (Å²) < 4.78 is 21.3. The number of methoxy groups -OCH3 is 3. The summed E-state index contributed by atoms with van der Waals surface area (Å²) in [6, 6.07) is 12.3. The van der Waals surface area contributed by atoms with Crippen molar-refractivity contribution in [1.82, 2.24) is 15.0 Å². The minimum atomic E-state index is -0.274. The van der Waals surface area contributed by atoms with E-state index in [0.717, 1.165) is 24.2 Å². The van der Waals surface area contributed by atoms with Gasteiger partial charge >= 0.3 is 0 Å². The number of nitrogens with zero attached hydrogens (tertiary/aromatic N) is 3. The predicted molar refractivity (Wildman–Crippen MR) is 109 cm³/mol. The molecule has 1 aliphatic heterocycles. The molecule has 0 unspecified atom stereocenters. The molecule has 2 heterocycles. The van der Waals surface area contributed by atoms with Crippen LogP contribution in [0.3, 0.4) is 0 Å². The number of hydrogen-bond acceptors (Lipinski definition) is 7. The Balaban J connectivity index is 1.58. The first-order valence-electron chi connectivity index (χ1n) is 9.65. The lowest BCUT2D eigenvalue weighted by Gasteiger charge is -2.23. The Labute approximate surface area is 174 Å². The van der Waals surface area contributed by atoms with Gasteiger partial charge in [0.1, 0.15) is 23.3 Å². The van der Waals surface area contributed by atoms with Gasteiger partial charge in [-0.1, -0.05) is 5.16 Å². The first kappa shape index (κ1) is 19.8. The number of carbonyl (C=O) groups excluding carboxylic acids is 1. The van der Waals surface area contributed by atoms with E-state index in [9.17, 15) is 4.79 Å². The zero-order chi connectivity index (χ0) is 21.1. The Morgan fingerprint density at radius 1 is 1.03 bits per heavy atom. The molecule has 2 aromatic carbocycles. The van der Waals surface area contributed by atoms with Crippen molar-refractivity contribution >= 4 is 5.91 Å². The fraction of sp³-hybridized carbons (Fsp3) is 0.318. The van der Waals surface area contributed by atoms with Gasteiger partial charge in [-0.05, 0) is 49.2 Å². The van der Waals surface area contributed by atoms with E-state index in [1.165, 1.54) is 7.11 Å². The summed E-state index contributed by atoms with van der Waals surface area (Å²) in [7, 11) is 4.72. The van der Waals surface area contributed by atoms with E-state index in [-0.39, 0.29) is 11.9 Å². The van der Waals surface area contributed by atoms with Gasteiger partial charge in [0, 0.05) is 18.2 Å². The number of rotatable bonds is 6. The molecule has 1 saturated heterocycles. The SMILES string of the molecule is COc1ccc(-c2noc([C@H]3CCCN3C(=O)c3ccc(OC)cc3OC)n2)cc1. The summed E-state index contributed by atoms with van der Waals surface area (Å²) in [4.78, 5) is 19.6. The van der Waals surface area contributed by atoms with E-state index < -0.39 is 0 Å². The highest BCUT2D eigenvalue weighted by Gasteiger charge is 2.35. The third kappa shape index (κ3) is 3.68. The smallest absolute Gasteiger partial charge is 0.258 e. The number of hydrogen-bond donors (Lipinski definition) is 0. The average Bonchev–Trinajstić information content (AvgIpc) is 3.48. The van der Waals surface area contributed by atoms with Crippen molar-refractivity contribution in [2.75, 3.05) is 27.9 Å². The molecule has 1 aromatic heterocycles. The molecule has 0 spiro atoms. The van der Waals surface area contributed by atoms with Crippen LogP contribution in [0.5, 0.6) is 17.2 Å². The number of carbonyl (C=O) groups is 1. The van der Waals surface area contributed by atoms with Crippen LogP contribution in [0.15, 0.2) is 47.0 Å². The molecule has 0 radical (unpaired) electrons. The third-order valence-corrected chi connectivity index (χ3v) is 5.23. The van der Waals surface area contributed by atoms with Gasteiger partial charge in [0.05, 0.1) is 26.9 Å². The maximum absolute atomic E-state index is 13.3. The van der Waals surface area contributed by atoms with Crippen molar-refractivity contribution in [1.29, 1.82) is 0 Å². The van der Waals surface area contributed by atoms with Crippen molar-refractivity contribution in [2.24, 2.45) is 0 Å². The van der Waals surface area contributed by atoms with E-state index in [1.54, 1.807) is 37.3 Å². The summed E-state index contributed by atoms with van der Waals surface area (Å²) in [6.07, 6.45) is 1.61. The topological polar surface area (TPSA) is 86.9 Å². The number of ether oxygens (including phenoxy) is 3. The third-order valence-electron chi connectivity index (χ3n) is 5.23. The molecule has 4 rings (SSSR count). The lowest BCUT2D eigenvalue weighted by Crippen LogP contribution is -2.31. The molecule has 8 heteroatoms. The highest BCUT2D eigenvalue weighted by atomic mass is 16.5. The molecule has 8 nitrogen and oxygen atoms in total. The van der Waals surface area contributed by atoms with Crippen LogP contribution < -0.4 is 14.2 Å². The van der Waals surface area contributed by atoms with Crippen LogP contribution in [0.4, 0.5) is 0 Å². The molecule has 3 aromatic rings. The van der Waals surface area contributed by atoms with Gasteiger partial charge in [0.25, 0.3) is 5.91 Å². The zero-order valence-electron chi connectivity index (χ0n) is 17.1. The molecular formula is C22H23N3O5. The van der Waals surface area contributed by atoms with Gasteiger partial charge in [0.2, 0.25) is 11.7 Å².